The van der Waals surface area contributed by atoms with E-state index in [-0.39, 0.29) is 0 Å². The lowest BCUT2D eigenvalue weighted by Gasteiger charge is -2.40. The number of allylic oxidation sites excluding steroid dienone is 14. The van der Waals surface area contributed by atoms with E-state index in [9.17, 15) is 0 Å². The van der Waals surface area contributed by atoms with E-state index in [2.05, 4.69) is 101 Å². The van der Waals surface area contributed by atoms with E-state index < -0.39 is 0 Å². The quantitative estimate of drug-likeness (QED) is 0.295. The normalized spacial score (nSPS) is 21.4. The van der Waals surface area contributed by atoms with Crippen LogP contribution in [0.2, 0.25) is 0 Å². The molecule has 2 unspecified atom stereocenters. The lowest BCUT2D eigenvalue weighted by Crippen LogP contribution is -2.29. The van der Waals surface area contributed by atoms with Crippen LogP contribution in [0.15, 0.2) is 138 Å². The van der Waals surface area contributed by atoms with E-state index in [1.165, 1.54) is 27.9 Å². The Balaban J connectivity index is 1.30. The number of benzene rings is 1. The van der Waals surface area contributed by atoms with Crippen molar-refractivity contribution in [1.29, 1.82) is 0 Å². The maximum atomic E-state index is 5.23. The minimum atomic E-state index is 0.341. The summed E-state index contributed by atoms with van der Waals surface area (Å²) < 4.78 is 0. The van der Waals surface area contributed by atoms with Crippen molar-refractivity contribution in [3.05, 3.63) is 144 Å². The minimum Gasteiger partial charge on any atom is -0.254 e. The molecular weight excluding hydrogens is 438 g/mol. The van der Waals surface area contributed by atoms with Crippen LogP contribution in [0.25, 0.3) is 38.6 Å². The summed E-state index contributed by atoms with van der Waals surface area (Å²) in [7, 11) is 0. The first-order valence-corrected chi connectivity index (χ1v) is 12.4. The van der Waals surface area contributed by atoms with Crippen molar-refractivity contribution in [2.75, 3.05) is 0 Å². The van der Waals surface area contributed by atoms with E-state index in [4.69, 9.17) is 4.98 Å². The Morgan fingerprint density at radius 2 is 1.39 bits per heavy atom. The molecule has 0 bridgehead atoms. The van der Waals surface area contributed by atoms with Crippen molar-refractivity contribution >= 4 is 27.4 Å². The minimum absolute atomic E-state index is 0.341. The van der Waals surface area contributed by atoms with Crippen LogP contribution in [-0.4, -0.2) is 15.0 Å². The Kier molecular flexibility index (Phi) is 4.06. The van der Waals surface area contributed by atoms with Gasteiger partial charge in [-0.25, -0.2) is 4.98 Å². The second-order valence-corrected chi connectivity index (χ2v) is 9.66. The van der Waals surface area contributed by atoms with Gasteiger partial charge in [-0.15, -0.1) is 0 Å². The van der Waals surface area contributed by atoms with Gasteiger partial charge in [0, 0.05) is 46.1 Å². The van der Waals surface area contributed by atoms with Crippen LogP contribution >= 0.6 is 0 Å². The van der Waals surface area contributed by atoms with Crippen LogP contribution in [0.1, 0.15) is 5.69 Å². The van der Waals surface area contributed by atoms with Crippen LogP contribution in [0.3, 0.4) is 0 Å². The average Bonchev–Trinajstić information content (AvgIpc) is 2.95. The molecule has 8 rings (SSSR count). The van der Waals surface area contributed by atoms with Gasteiger partial charge in [-0.1, -0.05) is 72.9 Å². The lowest BCUT2D eigenvalue weighted by atomic mass is 9.63. The van der Waals surface area contributed by atoms with Gasteiger partial charge in [0.05, 0.1) is 22.4 Å². The standard InChI is InChI=1S/C33H21N3/c1-5-20-11-12-22-13-15-24(25-16-14-21(6-1)30(20)31(22)25)28-9-2-10-29(36-28)27-19-23-7-3-17-34-32(23)33-26(27)8-4-18-35-33/h1-19,30-31H. The third kappa shape index (κ3) is 2.77. The number of hydrogen-bond donors (Lipinski definition) is 0. The fourth-order valence-electron chi connectivity index (χ4n) is 6.16. The first-order valence-electron chi connectivity index (χ1n) is 12.4. The molecule has 1 aromatic carbocycles. The Morgan fingerprint density at radius 3 is 2.33 bits per heavy atom. The zero-order valence-electron chi connectivity index (χ0n) is 19.5. The van der Waals surface area contributed by atoms with Crippen molar-refractivity contribution in [3.8, 4) is 11.3 Å². The topological polar surface area (TPSA) is 38.7 Å². The first-order chi connectivity index (χ1) is 17.8. The summed E-state index contributed by atoms with van der Waals surface area (Å²) in [6, 6.07) is 16.7. The molecule has 4 aliphatic carbocycles. The second kappa shape index (κ2) is 7.43. The largest absolute Gasteiger partial charge is 0.254 e. The highest BCUT2D eigenvalue weighted by Crippen LogP contribution is 2.51. The maximum Gasteiger partial charge on any atom is 0.0971 e. The molecule has 3 aromatic heterocycles. The smallest absolute Gasteiger partial charge is 0.0971 e. The van der Waals surface area contributed by atoms with Crippen LogP contribution in [0.4, 0.5) is 0 Å². The molecular formula is C33H21N3. The van der Waals surface area contributed by atoms with E-state index in [1.807, 2.05) is 24.5 Å². The van der Waals surface area contributed by atoms with Gasteiger partial charge in [0.15, 0.2) is 0 Å². The third-order valence-electron chi connectivity index (χ3n) is 7.76. The molecule has 3 heteroatoms. The van der Waals surface area contributed by atoms with Gasteiger partial charge < -0.3 is 0 Å². The number of hydrogen-bond acceptors (Lipinski definition) is 3. The molecule has 2 atom stereocenters. The highest BCUT2D eigenvalue weighted by molar-refractivity contribution is 6.09. The number of aromatic nitrogens is 3. The Hall–Kier alpha value is -4.63. The van der Waals surface area contributed by atoms with Crippen molar-refractivity contribution in [2.45, 2.75) is 0 Å². The second-order valence-electron chi connectivity index (χ2n) is 9.66. The number of pyridine rings is 3. The molecule has 4 aliphatic rings. The summed E-state index contributed by atoms with van der Waals surface area (Å²) in [4.78, 5) is 14.5. The summed E-state index contributed by atoms with van der Waals surface area (Å²) in [5, 5.41) is 2.14. The monoisotopic (exact) mass is 459 g/mol. The number of rotatable bonds is 2. The molecule has 168 valence electrons. The summed E-state index contributed by atoms with van der Waals surface area (Å²) in [6.07, 6.45) is 24.0. The number of nitrogens with zero attached hydrogens (tertiary/aromatic N) is 3. The van der Waals surface area contributed by atoms with Gasteiger partial charge in [-0.2, -0.15) is 0 Å². The van der Waals surface area contributed by atoms with Crippen LogP contribution in [0, 0.1) is 11.8 Å². The predicted octanol–water partition coefficient (Wildman–Crippen LogP) is 7.33. The molecule has 3 nitrogen and oxygen atoms in total. The van der Waals surface area contributed by atoms with Gasteiger partial charge in [0.1, 0.15) is 0 Å². The molecule has 0 saturated carbocycles. The third-order valence-corrected chi connectivity index (χ3v) is 7.76. The number of fused-ring (bicyclic) bond motifs is 3. The van der Waals surface area contributed by atoms with Crippen LogP contribution < -0.4 is 0 Å². The molecule has 4 aromatic rings. The van der Waals surface area contributed by atoms with Gasteiger partial charge in [0.2, 0.25) is 0 Å². The molecule has 3 heterocycles. The molecule has 0 radical (unpaired) electrons. The van der Waals surface area contributed by atoms with Crippen molar-refractivity contribution in [3.63, 3.8) is 0 Å². The van der Waals surface area contributed by atoms with Crippen LogP contribution in [-0.2, 0) is 0 Å². The van der Waals surface area contributed by atoms with Crippen molar-refractivity contribution in [2.24, 2.45) is 11.8 Å². The molecule has 0 fully saturated rings. The summed E-state index contributed by atoms with van der Waals surface area (Å²) in [5.41, 5.74) is 11.6. The maximum absolute atomic E-state index is 5.23. The van der Waals surface area contributed by atoms with Gasteiger partial charge in [-0.05, 0) is 52.6 Å². The van der Waals surface area contributed by atoms with E-state index in [1.54, 1.807) is 0 Å². The van der Waals surface area contributed by atoms with Gasteiger partial charge in [-0.3, -0.25) is 9.97 Å². The lowest BCUT2D eigenvalue weighted by molar-refractivity contribution is 0.567. The molecule has 0 amide bonds. The molecule has 0 spiro atoms. The average molecular weight is 460 g/mol. The van der Waals surface area contributed by atoms with Gasteiger partial charge in [0.25, 0.3) is 0 Å². The predicted molar refractivity (Wildman–Crippen MR) is 146 cm³/mol. The van der Waals surface area contributed by atoms with Crippen LogP contribution in [0.5, 0.6) is 0 Å². The molecule has 0 saturated heterocycles. The molecule has 0 aliphatic heterocycles. The Labute approximate surface area is 208 Å². The van der Waals surface area contributed by atoms with Gasteiger partial charge >= 0.3 is 0 Å². The zero-order valence-corrected chi connectivity index (χ0v) is 19.5. The molecule has 0 N–H and O–H groups in total. The highest BCUT2D eigenvalue weighted by Gasteiger charge is 2.39. The van der Waals surface area contributed by atoms with Crippen molar-refractivity contribution in [1.82, 2.24) is 15.0 Å². The fourth-order valence-corrected chi connectivity index (χ4v) is 6.16. The summed E-state index contributed by atoms with van der Waals surface area (Å²) in [6.45, 7) is 0. The summed E-state index contributed by atoms with van der Waals surface area (Å²) >= 11 is 0. The SMILES string of the molecule is C1=CC2=CC=C3C(c4cccc(-c5cc6cccnc6c6ncccc56)n4)=CC=C4C=CC(=C1)C2C43. The Morgan fingerprint density at radius 1 is 0.611 bits per heavy atom. The van der Waals surface area contributed by atoms with E-state index in [0.717, 1.165) is 38.8 Å². The first kappa shape index (κ1) is 19.7. The Bertz CT molecular complexity index is 1840. The highest BCUT2D eigenvalue weighted by atomic mass is 14.7. The summed E-state index contributed by atoms with van der Waals surface area (Å²) in [5.74, 6) is 0.731. The van der Waals surface area contributed by atoms with Crippen molar-refractivity contribution < 1.29 is 0 Å². The zero-order chi connectivity index (χ0) is 23.6. The molecule has 36 heavy (non-hydrogen) atoms. The van der Waals surface area contributed by atoms with E-state index >= 15 is 0 Å². The van der Waals surface area contributed by atoms with E-state index in [0.29, 0.717) is 11.8 Å². The fraction of sp³-hybridized carbons (Fsp3) is 0.0606.